The lowest BCUT2D eigenvalue weighted by Gasteiger charge is -2.40. The summed E-state index contributed by atoms with van der Waals surface area (Å²) in [6.45, 7) is 4.86. The maximum Gasteiger partial charge on any atom is 0.119 e. The van der Waals surface area contributed by atoms with E-state index in [0.717, 1.165) is 37.7 Å². The van der Waals surface area contributed by atoms with E-state index in [1.807, 2.05) is 24.3 Å². The van der Waals surface area contributed by atoms with Crippen LogP contribution in [0, 0.1) is 0 Å². The number of piperazine rings is 1. The summed E-state index contributed by atoms with van der Waals surface area (Å²) in [4.78, 5) is 4.93. The Balaban J connectivity index is 1.57. The van der Waals surface area contributed by atoms with Gasteiger partial charge in [-0.15, -0.1) is 0 Å². The monoisotopic (exact) mass is 326 g/mol. The van der Waals surface area contributed by atoms with Gasteiger partial charge in [0.15, 0.2) is 0 Å². The summed E-state index contributed by atoms with van der Waals surface area (Å²) in [7, 11) is 3.87. The molecule has 1 heterocycles. The zero-order valence-electron chi connectivity index (χ0n) is 14.5. The van der Waals surface area contributed by atoms with Crippen LogP contribution in [0.1, 0.15) is 11.6 Å². The molecule has 24 heavy (non-hydrogen) atoms. The molecule has 3 rings (SSSR count). The summed E-state index contributed by atoms with van der Waals surface area (Å²) in [5.74, 6) is 1.74. The Morgan fingerprint density at radius 2 is 1.67 bits per heavy atom. The Morgan fingerprint density at radius 3 is 2.38 bits per heavy atom. The standard InChI is InChI=1S/C20H26N2O2/c1-21-12-13-22(20(16-21)17-6-4-3-5-7-17)14-15-24-19-10-8-18(23-2)9-11-19/h3-11,20H,12-16H2,1-2H3. The van der Waals surface area contributed by atoms with Crippen LogP contribution in [0.5, 0.6) is 11.5 Å². The second-order valence-electron chi connectivity index (χ2n) is 6.25. The van der Waals surface area contributed by atoms with Gasteiger partial charge < -0.3 is 14.4 Å². The number of hydrogen-bond donors (Lipinski definition) is 0. The number of ether oxygens (including phenoxy) is 2. The van der Waals surface area contributed by atoms with Crippen molar-refractivity contribution in [2.45, 2.75) is 6.04 Å². The van der Waals surface area contributed by atoms with E-state index in [4.69, 9.17) is 9.47 Å². The molecule has 4 nitrogen and oxygen atoms in total. The number of hydrogen-bond acceptors (Lipinski definition) is 4. The Bertz CT molecular complexity index is 615. The maximum atomic E-state index is 5.91. The molecule has 0 spiro atoms. The van der Waals surface area contributed by atoms with Crippen molar-refractivity contribution in [3.05, 3.63) is 60.2 Å². The van der Waals surface area contributed by atoms with E-state index < -0.39 is 0 Å². The molecule has 0 bridgehead atoms. The number of benzene rings is 2. The third-order valence-corrected chi connectivity index (χ3v) is 4.59. The zero-order chi connectivity index (χ0) is 16.8. The average molecular weight is 326 g/mol. The molecule has 0 N–H and O–H groups in total. The summed E-state index contributed by atoms with van der Waals surface area (Å²) >= 11 is 0. The summed E-state index contributed by atoms with van der Waals surface area (Å²) in [5.41, 5.74) is 1.38. The fourth-order valence-corrected chi connectivity index (χ4v) is 3.17. The van der Waals surface area contributed by atoms with Crippen LogP contribution in [0.4, 0.5) is 0 Å². The van der Waals surface area contributed by atoms with Crippen LogP contribution in [0.15, 0.2) is 54.6 Å². The number of likely N-dealkylation sites (N-methyl/N-ethyl adjacent to an activating group) is 1. The summed E-state index contributed by atoms with van der Waals surface area (Å²) < 4.78 is 11.1. The van der Waals surface area contributed by atoms with E-state index in [0.29, 0.717) is 12.6 Å². The van der Waals surface area contributed by atoms with Gasteiger partial charge in [0.25, 0.3) is 0 Å². The molecular formula is C20H26N2O2. The third-order valence-electron chi connectivity index (χ3n) is 4.59. The van der Waals surface area contributed by atoms with Crippen molar-refractivity contribution in [3.8, 4) is 11.5 Å². The Kier molecular flexibility index (Phi) is 5.72. The highest BCUT2D eigenvalue weighted by molar-refractivity contribution is 5.31. The van der Waals surface area contributed by atoms with Crippen LogP contribution >= 0.6 is 0 Å². The van der Waals surface area contributed by atoms with Crippen molar-refractivity contribution in [2.75, 3.05) is 46.9 Å². The zero-order valence-corrected chi connectivity index (χ0v) is 14.5. The van der Waals surface area contributed by atoms with Crippen LogP contribution in [0.25, 0.3) is 0 Å². The van der Waals surface area contributed by atoms with Gasteiger partial charge in [-0.05, 0) is 36.9 Å². The Hall–Kier alpha value is -2.04. The normalized spacial score (nSPS) is 19.2. The molecule has 0 aliphatic carbocycles. The first-order valence-electron chi connectivity index (χ1n) is 8.50. The molecular weight excluding hydrogens is 300 g/mol. The van der Waals surface area contributed by atoms with E-state index in [1.165, 1.54) is 5.56 Å². The topological polar surface area (TPSA) is 24.9 Å². The fourth-order valence-electron chi connectivity index (χ4n) is 3.17. The molecule has 1 saturated heterocycles. The molecule has 1 unspecified atom stereocenters. The highest BCUT2D eigenvalue weighted by atomic mass is 16.5. The van der Waals surface area contributed by atoms with Crippen molar-refractivity contribution in [2.24, 2.45) is 0 Å². The van der Waals surface area contributed by atoms with Crippen molar-refractivity contribution >= 4 is 0 Å². The minimum absolute atomic E-state index is 0.435. The predicted octanol–water partition coefficient (Wildman–Crippen LogP) is 3.06. The Morgan fingerprint density at radius 1 is 0.958 bits per heavy atom. The van der Waals surface area contributed by atoms with Gasteiger partial charge >= 0.3 is 0 Å². The van der Waals surface area contributed by atoms with Gasteiger partial charge in [0.1, 0.15) is 18.1 Å². The van der Waals surface area contributed by atoms with E-state index in [-0.39, 0.29) is 0 Å². The van der Waals surface area contributed by atoms with Gasteiger partial charge in [0, 0.05) is 32.2 Å². The number of nitrogens with zero attached hydrogens (tertiary/aromatic N) is 2. The van der Waals surface area contributed by atoms with Gasteiger partial charge in [-0.2, -0.15) is 0 Å². The quantitative estimate of drug-likeness (QED) is 0.814. The molecule has 0 radical (unpaired) electrons. The minimum atomic E-state index is 0.435. The predicted molar refractivity (Wildman–Crippen MR) is 96.7 cm³/mol. The summed E-state index contributed by atoms with van der Waals surface area (Å²) in [6, 6.07) is 19.0. The van der Waals surface area contributed by atoms with Gasteiger partial charge in [-0.25, -0.2) is 0 Å². The highest BCUT2D eigenvalue weighted by Crippen LogP contribution is 2.24. The molecule has 2 aromatic rings. The molecule has 1 aliphatic heterocycles. The average Bonchev–Trinajstić information content (AvgIpc) is 2.64. The van der Waals surface area contributed by atoms with Gasteiger partial charge in [0.05, 0.1) is 7.11 Å². The van der Waals surface area contributed by atoms with Crippen LogP contribution in [0.3, 0.4) is 0 Å². The molecule has 0 aromatic heterocycles. The van der Waals surface area contributed by atoms with E-state index in [2.05, 4.69) is 47.2 Å². The van der Waals surface area contributed by atoms with Crippen LogP contribution in [-0.4, -0.2) is 56.7 Å². The largest absolute Gasteiger partial charge is 0.497 e. The molecule has 128 valence electrons. The molecule has 4 heteroatoms. The lowest BCUT2D eigenvalue weighted by molar-refractivity contribution is 0.0763. The first-order valence-corrected chi connectivity index (χ1v) is 8.50. The van der Waals surface area contributed by atoms with Crippen molar-refractivity contribution in [1.29, 1.82) is 0 Å². The Labute approximate surface area is 144 Å². The van der Waals surface area contributed by atoms with Crippen molar-refractivity contribution < 1.29 is 9.47 Å². The van der Waals surface area contributed by atoms with Crippen LogP contribution in [-0.2, 0) is 0 Å². The molecule has 1 fully saturated rings. The van der Waals surface area contributed by atoms with Crippen LogP contribution in [0.2, 0.25) is 0 Å². The third kappa shape index (κ3) is 4.28. The summed E-state index contributed by atoms with van der Waals surface area (Å²) in [6.07, 6.45) is 0. The smallest absolute Gasteiger partial charge is 0.119 e. The molecule has 1 atom stereocenters. The summed E-state index contributed by atoms with van der Waals surface area (Å²) in [5, 5.41) is 0. The van der Waals surface area contributed by atoms with Crippen molar-refractivity contribution in [1.82, 2.24) is 9.80 Å². The van der Waals surface area contributed by atoms with Crippen LogP contribution < -0.4 is 9.47 Å². The second kappa shape index (κ2) is 8.18. The minimum Gasteiger partial charge on any atom is -0.497 e. The van der Waals surface area contributed by atoms with Gasteiger partial charge in [-0.1, -0.05) is 30.3 Å². The lowest BCUT2D eigenvalue weighted by Crippen LogP contribution is -2.47. The fraction of sp³-hybridized carbons (Fsp3) is 0.400. The number of methoxy groups -OCH3 is 1. The molecule has 0 saturated carbocycles. The first kappa shape index (κ1) is 16.8. The van der Waals surface area contributed by atoms with E-state index >= 15 is 0 Å². The molecule has 0 amide bonds. The molecule has 1 aliphatic rings. The van der Waals surface area contributed by atoms with Gasteiger partial charge in [-0.3, -0.25) is 4.90 Å². The highest BCUT2D eigenvalue weighted by Gasteiger charge is 2.26. The van der Waals surface area contributed by atoms with Gasteiger partial charge in [0.2, 0.25) is 0 Å². The number of rotatable bonds is 6. The maximum absolute atomic E-state index is 5.91. The van der Waals surface area contributed by atoms with E-state index in [1.54, 1.807) is 7.11 Å². The van der Waals surface area contributed by atoms with Crippen molar-refractivity contribution in [3.63, 3.8) is 0 Å². The lowest BCUT2D eigenvalue weighted by atomic mass is 10.0. The van der Waals surface area contributed by atoms with E-state index in [9.17, 15) is 0 Å². The first-order chi connectivity index (χ1) is 11.8. The molecule has 2 aromatic carbocycles. The SMILES string of the molecule is COc1ccc(OCCN2CCN(C)CC2c2ccccc2)cc1. The second-order valence-corrected chi connectivity index (χ2v) is 6.25.